The number of aliphatic hydroxyl groups excluding tert-OH is 1. The Labute approximate surface area is 100 Å². The third-order valence-electron chi connectivity index (χ3n) is 2.85. The summed E-state index contributed by atoms with van der Waals surface area (Å²) in [4.78, 5) is 11.2. The van der Waals surface area contributed by atoms with E-state index in [0.717, 1.165) is 23.4 Å². The Bertz CT molecular complexity index is 446. The highest BCUT2D eigenvalue weighted by Gasteiger charge is 2.17. The van der Waals surface area contributed by atoms with Gasteiger partial charge in [0.25, 0.3) is 0 Å². The lowest BCUT2D eigenvalue weighted by Crippen LogP contribution is -2.22. The molecule has 1 aliphatic heterocycles. The van der Waals surface area contributed by atoms with Crippen LogP contribution in [0.1, 0.15) is 18.9 Å². The number of anilines is 3. The summed E-state index contributed by atoms with van der Waals surface area (Å²) in [7, 11) is 0. The molecule has 1 atom stereocenters. The van der Waals surface area contributed by atoms with Crippen LogP contribution in [0.4, 0.5) is 17.1 Å². The molecule has 5 N–H and O–H groups in total. The highest BCUT2D eigenvalue weighted by molar-refractivity contribution is 5.95. The lowest BCUT2D eigenvalue weighted by molar-refractivity contribution is -0.116. The fourth-order valence-electron chi connectivity index (χ4n) is 1.88. The molecule has 0 saturated carbocycles. The first kappa shape index (κ1) is 11.7. The van der Waals surface area contributed by atoms with E-state index in [1.807, 2.05) is 13.0 Å². The van der Waals surface area contributed by atoms with E-state index in [2.05, 4.69) is 10.6 Å². The van der Waals surface area contributed by atoms with Gasteiger partial charge in [-0.15, -0.1) is 0 Å². The normalized spacial score (nSPS) is 16.0. The Morgan fingerprint density at radius 3 is 3.00 bits per heavy atom. The lowest BCUT2D eigenvalue weighted by atomic mass is 10.0. The molecule has 5 heteroatoms. The van der Waals surface area contributed by atoms with E-state index in [1.54, 1.807) is 6.07 Å². The van der Waals surface area contributed by atoms with Crippen molar-refractivity contribution in [2.75, 3.05) is 23.0 Å². The van der Waals surface area contributed by atoms with Crippen molar-refractivity contribution in [3.05, 3.63) is 17.7 Å². The third-order valence-corrected chi connectivity index (χ3v) is 2.85. The molecule has 17 heavy (non-hydrogen) atoms. The molecule has 92 valence electrons. The van der Waals surface area contributed by atoms with Crippen LogP contribution in [0.3, 0.4) is 0 Å². The number of hydrogen-bond donors (Lipinski definition) is 4. The second kappa shape index (κ2) is 4.63. The monoisotopic (exact) mass is 235 g/mol. The van der Waals surface area contributed by atoms with Crippen molar-refractivity contribution in [1.29, 1.82) is 0 Å². The molecule has 2 rings (SSSR count). The number of amides is 1. The van der Waals surface area contributed by atoms with Gasteiger partial charge in [-0.05, 0) is 31.0 Å². The quantitative estimate of drug-likeness (QED) is 0.587. The summed E-state index contributed by atoms with van der Waals surface area (Å²) in [5, 5.41) is 14.9. The zero-order valence-corrected chi connectivity index (χ0v) is 9.79. The minimum absolute atomic E-state index is 0.0290. The van der Waals surface area contributed by atoms with Crippen molar-refractivity contribution in [1.82, 2.24) is 0 Å². The van der Waals surface area contributed by atoms with Gasteiger partial charge in [0, 0.05) is 18.2 Å². The summed E-state index contributed by atoms with van der Waals surface area (Å²) >= 11 is 0. The van der Waals surface area contributed by atoms with E-state index in [1.165, 1.54) is 0 Å². The van der Waals surface area contributed by atoms with Gasteiger partial charge in [0.05, 0.1) is 18.0 Å². The molecular weight excluding hydrogens is 218 g/mol. The van der Waals surface area contributed by atoms with Gasteiger partial charge in [-0.1, -0.05) is 0 Å². The van der Waals surface area contributed by atoms with Crippen LogP contribution in [0.5, 0.6) is 0 Å². The zero-order chi connectivity index (χ0) is 12.4. The van der Waals surface area contributed by atoms with Gasteiger partial charge in [0.2, 0.25) is 5.91 Å². The highest BCUT2D eigenvalue weighted by Crippen LogP contribution is 2.31. The van der Waals surface area contributed by atoms with E-state index in [4.69, 9.17) is 10.8 Å². The Hall–Kier alpha value is -1.75. The first-order valence-electron chi connectivity index (χ1n) is 5.70. The lowest BCUT2D eigenvalue weighted by Gasteiger charge is -2.21. The first-order valence-corrected chi connectivity index (χ1v) is 5.70. The van der Waals surface area contributed by atoms with Crippen molar-refractivity contribution in [3.63, 3.8) is 0 Å². The molecule has 1 aromatic rings. The van der Waals surface area contributed by atoms with Gasteiger partial charge in [-0.2, -0.15) is 0 Å². The second-order valence-electron chi connectivity index (χ2n) is 4.37. The number of rotatable bonds is 3. The maximum absolute atomic E-state index is 11.2. The number of carbonyl (C=O) groups is 1. The minimum atomic E-state index is -0.0477. The standard InChI is InChI=1S/C12H17N3O2/c1-7(6-16)14-11-4-8-2-3-12(17)15-10(8)5-9(11)13/h4-5,7,14,16H,2-3,6,13H2,1H3,(H,15,17). The molecule has 0 aliphatic carbocycles. The van der Waals surface area contributed by atoms with Crippen molar-refractivity contribution in [3.8, 4) is 0 Å². The van der Waals surface area contributed by atoms with Crippen LogP contribution >= 0.6 is 0 Å². The van der Waals surface area contributed by atoms with Crippen molar-refractivity contribution in [2.24, 2.45) is 0 Å². The molecule has 1 unspecified atom stereocenters. The number of nitrogen functional groups attached to an aromatic ring is 1. The van der Waals surface area contributed by atoms with Gasteiger partial charge in [0.1, 0.15) is 0 Å². The summed E-state index contributed by atoms with van der Waals surface area (Å²) in [6, 6.07) is 3.66. The fourth-order valence-corrected chi connectivity index (χ4v) is 1.88. The molecule has 1 amide bonds. The topological polar surface area (TPSA) is 87.4 Å². The van der Waals surface area contributed by atoms with Crippen LogP contribution in [0.2, 0.25) is 0 Å². The predicted octanol–water partition coefficient (Wildman–Crippen LogP) is 0.946. The molecule has 0 radical (unpaired) electrons. The maximum atomic E-state index is 11.2. The smallest absolute Gasteiger partial charge is 0.224 e. The molecule has 1 aliphatic rings. The van der Waals surface area contributed by atoms with Crippen LogP contribution in [0.25, 0.3) is 0 Å². The number of aliphatic hydroxyl groups is 1. The fraction of sp³-hybridized carbons (Fsp3) is 0.417. The van der Waals surface area contributed by atoms with Crippen LogP contribution in [-0.2, 0) is 11.2 Å². The maximum Gasteiger partial charge on any atom is 0.224 e. The van der Waals surface area contributed by atoms with E-state index >= 15 is 0 Å². The molecule has 0 spiro atoms. The zero-order valence-electron chi connectivity index (χ0n) is 9.79. The Kier molecular flexibility index (Phi) is 3.19. The Morgan fingerprint density at radius 1 is 1.53 bits per heavy atom. The summed E-state index contributed by atoms with van der Waals surface area (Å²) in [6.45, 7) is 1.92. The number of nitrogens with two attached hydrogens (primary N) is 1. The van der Waals surface area contributed by atoms with Crippen LogP contribution in [0, 0.1) is 0 Å². The van der Waals surface area contributed by atoms with Gasteiger partial charge in [-0.3, -0.25) is 4.79 Å². The summed E-state index contributed by atoms with van der Waals surface area (Å²) in [5.41, 5.74) is 9.15. The number of nitrogens with one attached hydrogen (secondary N) is 2. The van der Waals surface area contributed by atoms with Gasteiger partial charge in [-0.25, -0.2) is 0 Å². The van der Waals surface area contributed by atoms with Gasteiger partial charge >= 0.3 is 0 Å². The summed E-state index contributed by atoms with van der Waals surface area (Å²) in [6.07, 6.45) is 1.23. The van der Waals surface area contributed by atoms with E-state index in [0.29, 0.717) is 12.1 Å². The van der Waals surface area contributed by atoms with Crippen molar-refractivity contribution in [2.45, 2.75) is 25.8 Å². The largest absolute Gasteiger partial charge is 0.397 e. The number of fused-ring (bicyclic) bond motifs is 1. The van der Waals surface area contributed by atoms with E-state index in [-0.39, 0.29) is 18.6 Å². The molecule has 0 fully saturated rings. The second-order valence-corrected chi connectivity index (χ2v) is 4.37. The minimum Gasteiger partial charge on any atom is -0.397 e. The van der Waals surface area contributed by atoms with E-state index in [9.17, 15) is 4.79 Å². The molecule has 0 saturated heterocycles. The van der Waals surface area contributed by atoms with E-state index < -0.39 is 0 Å². The van der Waals surface area contributed by atoms with Crippen LogP contribution < -0.4 is 16.4 Å². The number of aryl methyl sites for hydroxylation is 1. The average Bonchev–Trinajstić information content (AvgIpc) is 2.30. The Balaban J connectivity index is 2.27. The summed E-state index contributed by atoms with van der Waals surface area (Å²) < 4.78 is 0. The molecular formula is C12H17N3O2. The number of carbonyl (C=O) groups excluding carboxylic acids is 1. The highest BCUT2D eigenvalue weighted by atomic mass is 16.3. The van der Waals surface area contributed by atoms with Gasteiger partial charge < -0.3 is 21.5 Å². The molecule has 1 aromatic carbocycles. The van der Waals surface area contributed by atoms with Crippen molar-refractivity contribution < 1.29 is 9.90 Å². The molecule has 0 aromatic heterocycles. The predicted molar refractivity (Wildman–Crippen MR) is 68.0 cm³/mol. The molecule has 1 heterocycles. The van der Waals surface area contributed by atoms with Gasteiger partial charge in [0.15, 0.2) is 0 Å². The van der Waals surface area contributed by atoms with Crippen molar-refractivity contribution >= 4 is 23.0 Å². The number of benzene rings is 1. The summed E-state index contributed by atoms with van der Waals surface area (Å²) in [5.74, 6) is 0.0290. The first-order chi connectivity index (χ1) is 8.10. The third kappa shape index (κ3) is 2.50. The SMILES string of the molecule is CC(CO)Nc1cc2c(cc1N)NC(=O)CC2. The number of hydrogen-bond acceptors (Lipinski definition) is 4. The molecule has 5 nitrogen and oxygen atoms in total. The Morgan fingerprint density at radius 2 is 2.29 bits per heavy atom. The van der Waals surface area contributed by atoms with Crippen LogP contribution in [-0.4, -0.2) is 23.7 Å². The average molecular weight is 235 g/mol. The molecule has 0 bridgehead atoms. The van der Waals surface area contributed by atoms with Crippen LogP contribution in [0.15, 0.2) is 12.1 Å².